The molecule has 0 amide bonds. The van der Waals surface area contributed by atoms with Gasteiger partial charge in [-0.3, -0.25) is 0 Å². The van der Waals surface area contributed by atoms with Crippen LogP contribution in [0.1, 0.15) is 121 Å². The Morgan fingerprint density at radius 2 is 0.900 bits per heavy atom. The van der Waals surface area contributed by atoms with E-state index in [-0.39, 0.29) is 10.8 Å². The molecule has 0 bridgehead atoms. The fourth-order valence-electron chi connectivity index (χ4n) is 10.5. The number of hydrogen-bond acceptors (Lipinski definition) is 0. The molecule has 2 heteroatoms. The summed E-state index contributed by atoms with van der Waals surface area (Å²) in [6.45, 7) is 31.4. The van der Waals surface area contributed by atoms with Crippen LogP contribution in [0.3, 0.4) is 0 Å². The number of allylic oxidation sites excluding steroid dienone is 2. The summed E-state index contributed by atoms with van der Waals surface area (Å²) < 4.78 is 7.56. The van der Waals surface area contributed by atoms with E-state index in [1.165, 1.54) is 55.6 Å². The van der Waals surface area contributed by atoms with Gasteiger partial charge in [-0.25, -0.2) is 0 Å². The molecular formula is C48H64HfSi. The van der Waals surface area contributed by atoms with E-state index in [1.54, 1.807) is 11.1 Å². The van der Waals surface area contributed by atoms with E-state index >= 15 is 0 Å². The van der Waals surface area contributed by atoms with Crippen molar-refractivity contribution in [2.45, 2.75) is 118 Å². The van der Waals surface area contributed by atoms with Crippen molar-refractivity contribution in [1.82, 2.24) is 0 Å². The molecule has 50 heavy (non-hydrogen) atoms. The van der Waals surface area contributed by atoms with Crippen LogP contribution in [0.2, 0.25) is 16.7 Å². The minimum atomic E-state index is -5.28. The van der Waals surface area contributed by atoms with E-state index < -0.39 is 14.2 Å². The molecule has 2 aliphatic carbocycles. The number of fused-ring (bicyclic) bond motifs is 2. The van der Waals surface area contributed by atoms with Crippen molar-refractivity contribution in [3.8, 4) is 22.3 Å². The van der Waals surface area contributed by atoms with Crippen LogP contribution in [0.15, 0.2) is 84.9 Å². The maximum absolute atomic E-state index is 5.28. The summed E-state index contributed by atoms with van der Waals surface area (Å²) in [5.41, 5.74) is 17.2. The van der Waals surface area contributed by atoms with E-state index in [4.69, 9.17) is 0 Å². The zero-order valence-electron chi connectivity index (χ0n) is 33.8. The third-order valence-electron chi connectivity index (χ3n) is 16.5. The van der Waals surface area contributed by atoms with Gasteiger partial charge in [0.25, 0.3) is 0 Å². The molecule has 0 radical (unpaired) electrons. The third kappa shape index (κ3) is 4.75. The molecule has 0 aromatic heterocycles. The van der Waals surface area contributed by atoms with Crippen LogP contribution in [0, 0.1) is 13.8 Å². The second kappa shape index (κ2) is 10.8. The molecule has 0 saturated carbocycles. The average Bonchev–Trinajstić information content (AvgIpc) is 3.67. The van der Waals surface area contributed by atoms with Crippen LogP contribution < -0.4 is 0 Å². The van der Waals surface area contributed by atoms with Gasteiger partial charge >= 0.3 is 303 Å². The molecule has 0 saturated heterocycles. The first-order valence-electron chi connectivity index (χ1n) is 19.3. The minimum absolute atomic E-state index is 0.132. The van der Waals surface area contributed by atoms with Gasteiger partial charge < -0.3 is 0 Å². The number of aryl methyl sites for hydroxylation is 2. The van der Waals surface area contributed by atoms with E-state index in [9.17, 15) is 0 Å². The summed E-state index contributed by atoms with van der Waals surface area (Å²) in [5, 5.41) is 0. The monoisotopic (exact) mass is 848 g/mol. The molecule has 0 heterocycles. The Kier molecular flexibility index (Phi) is 8.00. The fraction of sp³-hybridized carbons (Fsp3) is 0.417. The Bertz CT molecular complexity index is 2090. The predicted octanol–water partition coefficient (Wildman–Crippen LogP) is 14.1. The standard InChI is InChI=1S/2C20H21.2C3H7.2CH3.Hf.H2Si/c2*1-14-13-16(20(2,3)4)11-12-17(14)19-10-6-8-15-7-5-9-18(15)19;2*1-3-2;;;;/h2*5-13H,1-4H3;2*3H,1-2H3;2*1H3;;1H2. The zero-order valence-corrected chi connectivity index (χ0v) is 38.8. The van der Waals surface area contributed by atoms with Crippen molar-refractivity contribution >= 4 is 19.1 Å². The molecule has 264 valence electrons. The van der Waals surface area contributed by atoms with E-state index in [1.807, 2.05) is 0 Å². The van der Waals surface area contributed by atoms with Gasteiger partial charge in [0.05, 0.1) is 0 Å². The Morgan fingerprint density at radius 3 is 1.20 bits per heavy atom. The van der Waals surface area contributed by atoms with Gasteiger partial charge in [-0.1, -0.05) is 0 Å². The summed E-state index contributed by atoms with van der Waals surface area (Å²) >= 11 is -5.28. The molecule has 4 aromatic rings. The molecule has 0 fully saturated rings. The second-order valence-corrected chi connectivity index (χ2v) is 97.5. The van der Waals surface area contributed by atoms with Crippen molar-refractivity contribution in [3.05, 3.63) is 129 Å². The van der Waals surface area contributed by atoms with Crippen LogP contribution in [-0.2, 0) is 25.0 Å². The Balaban J connectivity index is 1.58. The van der Waals surface area contributed by atoms with Crippen LogP contribution in [-0.4, -0.2) is 6.94 Å². The van der Waals surface area contributed by atoms with Gasteiger partial charge in [0.2, 0.25) is 0 Å². The SMILES string of the molecule is Cc1cc(C(C)(C)C)ccc1-c1cccc2c1C=C[CH]2[Hf]([CH3])([CH3])(=[SiH2])([CH](C)C)([CH](C)C)[CH]1C=Cc2c(-c3ccc(C(C)(C)C)cc3C)cccc21. The van der Waals surface area contributed by atoms with Crippen LogP contribution in [0.4, 0.5) is 0 Å². The number of rotatable bonds is 6. The Hall–Kier alpha value is -2.55. The van der Waals surface area contributed by atoms with Crippen LogP contribution >= 0.6 is 0 Å². The fourth-order valence-corrected chi connectivity index (χ4v) is 51.4. The van der Waals surface area contributed by atoms with Gasteiger partial charge in [-0.15, -0.1) is 0 Å². The van der Waals surface area contributed by atoms with Crippen molar-refractivity contribution in [1.29, 1.82) is 0 Å². The summed E-state index contributed by atoms with van der Waals surface area (Å²) in [6.07, 6.45) is 10.4. The second-order valence-electron chi connectivity index (χ2n) is 21.5. The average molecular weight is 848 g/mol. The maximum atomic E-state index is 2.89. The van der Waals surface area contributed by atoms with Gasteiger partial charge in [-0.2, -0.15) is 0 Å². The van der Waals surface area contributed by atoms with Gasteiger partial charge in [0, 0.05) is 0 Å². The first kappa shape index (κ1) is 37.2. The first-order valence-corrected chi connectivity index (χ1v) is 43.1. The molecule has 0 nitrogen and oxygen atoms in total. The van der Waals surface area contributed by atoms with Crippen LogP contribution in [0.25, 0.3) is 34.4 Å². The van der Waals surface area contributed by atoms with Gasteiger partial charge in [0.15, 0.2) is 0 Å². The van der Waals surface area contributed by atoms with E-state index in [0.29, 0.717) is 14.7 Å². The molecule has 2 aliphatic rings. The zero-order chi connectivity index (χ0) is 36.9. The molecule has 2 atom stereocenters. The number of benzene rings is 4. The van der Waals surface area contributed by atoms with Crippen molar-refractivity contribution in [2.24, 2.45) is 0 Å². The van der Waals surface area contributed by atoms with Gasteiger partial charge in [-0.05, 0) is 0 Å². The van der Waals surface area contributed by atoms with E-state index in [0.717, 1.165) is 0 Å². The molecule has 0 N–H and O–H groups in total. The van der Waals surface area contributed by atoms with E-state index in [2.05, 4.69) is 196 Å². The summed E-state index contributed by atoms with van der Waals surface area (Å²) in [5.74, 6) is 0. The molecule has 0 aliphatic heterocycles. The third-order valence-corrected chi connectivity index (χ3v) is 97.4. The quantitative estimate of drug-likeness (QED) is 0.170. The summed E-state index contributed by atoms with van der Waals surface area (Å²) in [4.78, 5) is 0. The summed E-state index contributed by atoms with van der Waals surface area (Å²) in [6, 6.07) is 28.7. The molecule has 2 unspecified atom stereocenters. The van der Waals surface area contributed by atoms with Crippen molar-refractivity contribution in [3.63, 3.8) is 0 Å². The van der Waals surface area contributed by atoms with Crippen molar-refractivity contribution in [2.75, 3.05) is 0 Å². The molecule has 4 aromatic carbocycles. The summed E-state index contributed by atoms with van der Waals surface area (Å²) in [7, 11) is 0. The molecule has 0 spiro atoms. The predicted molar refractivity (Wildman–Crippen MR) is 225 cm³/mol. The van der Waals surface area contributed by atoms with Crippen molar-refractivity contribution < 1.29 is 14.2 Å². The topological polar surface area (TPSA) is 0 Å². The molecule has 6 rings (SSSR count). The first-order chi connectivity index (χ1) is 22.9. The molecular weight excluding hydrogens is 783 g/mol. The van der Waals surface area contributed by atoms with Crippen LogP contribution in [0.5, 0.6) is 0 Å². The van der Waals surface area contributed by atoms with Gasteiger partial charge in [0.1, 0.15) is 0 Å². The number of hydrogen-bond donors (Lipinski definition) is 0. The Morgan fingerprint density at radius 1 is 0.540 bits per heavy atom. The Labute approximate surface area is 301 Å². The normalized spacial score (nSPS) is 19.6.